The van der Waals surface area contributed by atoms with Gasteiger partial charge in [0.1, 0.15) is 11.4 Å². The molecule has 100 valence electrons. The van der Waals surface area contributed by atoms with Gasteiger partial charge in [-0.15, -0.1) is 0 Å². The number of amides is 1. The van der Waals surface area contributed by atoms with Crippen molar-refractivity contribution in [3.05, 3.63) is 64.3 Å². The second kappa shape index (κ2) is 5.00. The number of hydrogen-bond acceptors (Lipinski definition) is 3. The Morgan fingerprint density at radius 1 is 1.20 bits per heavy atom. The summed E-state index contributed by atoms with van der Waals surface area (Å²) in [6, 6.07) is 10.7. The van der Waals surface area contributed by atoms with Crippen LogP contribution in [0, 0.1) is 0 Å². The van der Waals surface area contributed by atoms with Crippen LogP contribution in [0.25, 0.3) is 11.0 Å². The molecule has 6 nitrogen and oxygen atoms in total. The van der Waals surface area contributed by atoms with Crippen molar-refractivity contribution in [3.63, 3.8) is 0 Å². The highest BCUT2D eigenvalue weighted by atomic mass is 16.2. The van der Waals surface area contributed by atoms with Crippen molar-refractivity contribution in [2.45, 2.75) is 6.54 Å². The van der Waals surface area contributed by atoms with Gasteiger partial charge >= 0.3 is 0 Å². The largest absolute Gasteiger partial charge is 0.345 e. The zero-order chi connectivity index (χ0) is 13.9. The molecule has 0 aliphatic heterocycles. The van der Waals surface area contributed by atoms with Crippen molar-refractivity contribution < 1.29 is 4.79 Å². The number of para-hydroxylation sites is 2. The second-order valence-electron chi connectivity index (χ2n) is 4.30. The summed E-state index contributed by atoms with van der Waals surface area (Å²) in [5, 5.41) is 2.66. The number of fused-ring (bicyclic) bond motifs is 1. The van der Waals surface area contributed by atoms with E-state index in [2.05, 4.69) is 20.3 Å². The highest BCUT2D eigenvalue weighted by Gasteiger charge is 2.10. The molecule has 0 spiro atoms. The van der Waals surface area contributed by atoms with Gasteiger partial charge in [-0.05, 0) is 24.3 Å². The normalized spacial score (nSPS) is 10.6. The SMILES string of the molecule is O=C(NCc1nc2ccccc2[nH]1)c1ccc[nH]c1=O. The zero-order valence-electron chi connectivity index (χ0n) is 10.5. The summed E-state index contributed by atoms with van der Waals surface area (Å²) in [6.07, 6.45) is 1.48. The van der Waals surface area contributed by atoms with Crippen molar-refractivity contribution in [1.82, 2.24) is 20.3 Å². The molecule has 0 aliphatic rings. The molecule has 1 amide bonds. The first-order valence-electron chi connectivity index (χ1n) is 6.13. The molecule has 2 aromatic heterocycles. The molecule has 0 bridgehead atoms. The first kappa shape index (κ1) is 12.2. The Morgan fingerprint density at radius 2 is 2.05 bits per heavy atom. The smallest absolute Gasteiger partial charge is 0.260 e. The van der Waals surface area contributed by atoms with Gasteiger partial charge in [-0.2, -0.15) is 0 Å². The summed E-state index contributed by atoms with van der Waals surface area (Å²) < 4.78 is 0. The fourth-order valence-electron chi connectivity index (χ4n) is 1.95. The number of aromatic nitrogens is 3. The van der Waals surface area contributed by atoms with E-state index in [1.807, 2.05) is 24.3 Å². The van der Waals surface area contributed by atoms with Crippen molar-refractivity contribution in [1.29, 1.82) is 0 Å². The molecule has 20 heavy (non-hydrogen) atoms. The van der Waals surface area contributed by atoms with Crippen LogP contribution in [0.5, 0.6) is 0 Å². The van der Waals surface area contributed by atoms with Gasteiger partial charge in [0, 0.05) is 6.20 Å². The monoisotopic (exact) mass is 268 g/mol. The topological polar surface area (TPSA) is 90.6 Å². The van der Waals surface area contributed by atoms with Gasteiger partial charge in [0.2, 0.25) is 0 Å². The number of nitrogens with one attached hydrogen (secondary N) is 3. The number of hydrogen-bond donors (Lipinski definition) is 3. The number of carbonyl (C=O) groups excluding carboxylic acids is 1. The third-order valence-electron chi connectivity index (χ3n) is 2.92. The molecule has 0 saturated heterocycles. The van der Waals surface area contributed by atoms with Crippen LogP contribution in [0.4, 0.5) is 0 Å². The lowest BCUT2D eigenvalue weighted by Crippen LogP contribution is -2.29. The van der Waals surface area contributed by atoms with E-state index < -0.39 is 11.5 Å². The van der Waals surface area contributed by atoms with Crippen molar-refractivity contribution in [2.24, 2.45) is 0 Å². The quantitative estimate of drug-likeness (QED) is 0.666. The highest BCUT2D eigenvalue weighted by Crippen LogP contribution is 2.09. The molecule has 1 aromatic carbocycles. The molecule has 2 heterocycles. The van der Waals surface area contributed by atoms with E-state index in [1.165, 1.54) is 12.3 Å². The van der Waals surface area contributed by atoms with Crippen LogP contribution >= 0.6 is 0 Å². The van der Waals surface area contributed by atoms with Crippen LogP contribution < -0.4 is 10.9 Å². The number of aromatic amines is 2. The van der Waals surface area contributed by atoms with Gasteiger partial charge in [0.25, 0.3) is 11.5 Å². The van der Waals surface area contributed by atoms with Crippen LogP contribution in [0.1, 0.15) is 16.2 Å². The number of rotatable bonds is 3. The van der Waals surface area contributed by atoms with Crippen molar-refractivity contribution in [3.8, 4) is 0 Å². The van der Waals surface area contributed by atoms with E-state index >= 15 is 0 Å². The summed E-state index contributed by atoms with van der Waals surface area (Å²) in [6.45, 7) is 0.238. The van der Waals surface area contributed by atoms with E-state index in [1.54, 1.807) is 6.07 Å². The van der Waals surface area contributed by atoms with Gasteiger partial charge in [-0.3, -0.25) is 9.59 Å². The summed E-state index contributed by atoms with van der Waals surface area (Å²) in [7, 11) is 0. The molecule has 0 aliphatic carbocycles. The number of benzene rings is 1. The Labute approximate surface area is 113 Å². The Bertz CT molecular complexity index is 786. The number of H-pyrrole nitrogens is 2. The summed E-state index contributed by atoms with van der Waals surface area (Å²) in [4.78, 5) is 33.3. The third-order valence-corrected chi connectivity index (χ3v) is 2.92. The molecule has 3 rings (SSSR count). The summed E-state index contributed by atoms with van der Waals surface area (Å²) in [5.41, 5.74) is 1.43. The van der Waals surface area contributed by atoms with Gasteiger partial charge in [-0.1, -0.05) is 12.1 Å². The summed E-state index contributed by atoms with van der Waals surface area (Å²) in [5.74, 6) is 0.221. The van der Waals surface area contributed by atoms with Gasteiger partial charge in [-0.25, -0.2) is 4.98 Å². The molecule has 0 unspecified atom stereocenters. The van der Waals surface area contributed by atoms with Gasteiger partial charge in [0.15, 0.2) is 0 Å². The standard InChI is InChI=1S/C14H12N4O2/c19-13-9(4-3-7-15-13)14(20)16-8-12-17-10-5-1-2-6-11(10)18-12/h1-7H,8H2,(H,15,19)(H,16,20)(H,17,18). The fraction of sp³-hybridized carbons (Fsp3) is 0.0714. The molecule has 6 heteroatoms. The lowest BCUT2D eigenvalue weighted by Gasteiger charge is -2.01. The molecular weight excluding hydrogens is 256 g/mol. The van der Waals surface area contributed by atoms with Crippen LogP contribution in [0.3, 0.4) is 0 Å². The van der Waals surface area contributed by atoms with Crippen LogP contribution in [0.2, 0.25) is 0 Å². The number of imidazole rings is 1. The first-order valence-corrected chi connectivity index (χ1v) is 6.13. The van der Waals surface area contributed by atoms with Crippen LogP contribution in [0.15, 0.2) is 47.4 Å². The van der Waals surface area contributed by atoms with E-state index in [9.17, 15) is 9.59 Å². The number of pyridine rings is 1. The van der Waals surface area contributed by atoms with Crippen LogP contribution in [-0.4, -0.2) is 20.9 Å². The fourth-order valence-corrected chi connectivity index (χ4v) is 1.95. The van der Waals surface area contributed by atoms with E-state index in [0.717, 1.165) is 11.0 Å². The minimum Gasteiger partial charge on any atom is -0.345 e. The summed E-state index contributed by atoms with van der Waals surface area (Å²) >= 11 is 0. The molecule has 0 atom stereocenters. The van der Waals surface area contributed by atoms with Crippen molar-refractivity contribution >= 4 is 16.9 Å². The lowest BCUT2D eigenvalue weighted by atomic mass is 10.2. The molecule has 0 fully saturated rings. The van der Waals surface area contributed by atoms with E-state index in [4.69, 9.17) is 0 Å². The van der Waals surface area contributed by atoms with Crippen LogP contribution in [-0.2, 0) is 6.54 Å². The van der Waals surface area contributed by atoms with Crippen molar-refractivity contribution in [2.75, 3.05) is 0 Å². The maximum Gasteiger partial charge on any atom is 0.260 e. The Hall–Kier alpha value is -2.89. The predicted molar refractivity (Wildman–Crippen MR) is 74.3 cm³/mol. The molecule has 0 radical (unpaired) electrons. The lowest BCUT2D eigenvalue weighted by molar-refractivity contribution is 0.0948. The highest BCUT2D eigenvalue weighted by molar-refractivity contribution is 5.93. The van der Waals surface area contributed by atoms with E-state index in [-0.39, 0.29) is 12.1 Å². The molecule has 3 N–H and O–H groups in total. The minimum absolute atomic E-state index is 0.0867. The predicted octanol–water partition coefficient (Wildman–Crippen LogP) is 1.18. The molecule has 3 aromatic rings. The molecule has 0 saturated carbocycles. The average Bonchev–Trinajstić information content (AvgIpc) is 2.88. The maximum atomic E-state index is 11.9. The van der Waals surface area contributed by atoms with Gasteiger partial charge < -0.3 is 15.3 Å². The molecular formula is C14H12N4O2. The van der Waals surface area contributed by atoms with Gasteiger partial charge in [0.05, 0.1) is 17.6 Å². The number of nitrogens with zero attached hydrogens (tertiary/aromatic N) is 1. The zero-order valence-corrected chi connectivity index (χ0v) is 10.5. The maximum absolute atomic E-state index is 11.9. The Morgan fingerprint density at radius 3 is 2.85 bits per heavy atom. The Kier molecular flexibility index (Phi) is 3.04. The average molecular weight is 268 g/mol. The number of carbonyl (C=O) groups is 1. The third kappa shape index (κ3) is 2.31. The second-order valence-corrected chi connectivity index (χ2v) is 4.30. The van der Waals surface area contributed by atoms with E-state index in [0.29, 0.717) is 5.82 Å². The minimum atomic E-state index is -0.424. The Balaban J connectivity index is 1.75. The first-order chi connectivity index (χ1) is 9.74.